The third-order valence-electron chi connectivity index (χ3n) is 7.24. The Bertz CT molecular complexity index is 1610. The maximum absolute atomic E-state index is 13.6. The lowest BCUT2D eigenvalue weighted by Crippen LogP contribution is -2.29. The van der Waals surface area contributed by atoms with Crippen LogP contribution in [0.2, 0.25) is 0 Å². The van der Waals surface area contributed by atoms with Crippen LogP contribution in [0.1, 0.15) is 68.8 Å². The Morgan fingerprint density at radius 3 is 2.33 bits per heavy atom. The standard InChI is InChI=1S/C34H35N3O4S2/c1-5-6-20-41-26-18-14-24(15-19-26)29(38)27-28(23-12-16-25(17-13-23)34(2,3)4)37(31(40)30(27)39)32-35-36-33(43-32)42-21-22-10-8-7-9-11-22/h7-19,28,38H,5-6,20-21H2,1-4H3/t28-/m0/s1. The molecule has 5 rings (SSSR count). The second-order valence-electron chi connectivity index (χ2n) is 11.4. The number of aliphatic hydroxyl groups excluding tert-OH is 1. The number of nitrogens with zero attached hydrogens (tertiary/aromatic N) is 3. The Morgan fingerprint density at radius 2 is 1.67 bits per heavy atom. The SMILES string of the molecule is CCCCOc1ccc(C(O)=C2C(=O)C(=O)N(c3nnc(SCc4ccccc4)s3)[C@H]2c2ccc(C(C)(C)C)cc2)cc1. The van der Waals surface area contributed by atoms with Crippen LogP contribution in [0.25, 0.3) is 5.76 Å². The van der Waals surface area contributed by atoms with Gasteiger partial charge in [0.2, 0.25) is 5.13 Å². The number of thioether (sulfide) groups is 1. The maximum Gasteiger partial charge on any atom is 0.301 e. The summed E-state index contributed by atoms with van der Waals surface area (Å²) < 4.78 is 6.44. The third-order valence-corrected chi connectivity index (χ3v) is 9.37. The molecular weight excluding hydrogens is 579 g/mol. The Morgan fingerprint density at radius 1 is 0.977 bits per heavy atom. The molecule has 1 aliphatic rings. The molecule has 1 aliphatic heterocycles. The number of ketones is 1. The van der Waals surface area contributed by atoms with E-state index in [1.54, 1.807) is 24.3 Å². The van der Waals surface area contributed by atoms with E-state index in [2.05, 4.69) is 37.9 Å². The Kier molecular flexibility index (Phi) is 9.32. The van der Waals surface area contributed by atoms with Gasteiger partial charge in [-0.3, -0.25) is 14.5 Å². The lowest BCUT2D eigenvalue weighted by atomic mass is 9.85. The number of unbranched alkanes of at least 4 members (excludes halogenated alkanes) is 1. The highest BCUT2D eigenvalue weighted by Crippen LogP contribution is 2.44. The van der Waals surface area contributed by atoms with Gasteiger partial charge >= 0.3 is 5.91 Å². The zero-order valence-electron chi connectivity index (χ0n) is 24.7. The van der Waals surface area contributed by atoms with Crippen LogP contribution in [0.15, 0.2) is 88.8 Å². The molecule has 1 fully saturated rings. The first-order valence-electron chi connectivity index (χ1n) is 14.3. The van der Waals surface area contributed by atoms with Crippen molar-refractivity contribution in [1.29, 1.82) is 0 Å². The minimum absolute atomic E-state index is 0.0156. The molecule has 1 saturated heterocycles. The first-order chi connectivity index (χ1) is 20.7. The molecule has 222 valence electrons. The normalized spacial score (nSPS) is 16.6. The first kappa shape index (κ1) is 30.5. The molecule has 0 unspecified atom stereocenters. The predicted molar refractivity (Wildman–Crippen MR) is 173 cm³/mol. The molecule has 0 bridgehead atoms. The second-order valence-corrected chi connectivity index (χ2v) is 13.6. The van der Waals surface area contributed by atoms with Gasteiger partial charge in [0.1, 0.15) is 11.5 Å². The molecule has 4 aromatic rings. The number of benzene rings is 3. The van der Waals surface area contributed by atoms with Crippen molar-refractivity contribution in [2.75, 3.05) is 11.5 Å². The largest absolute Gasteiger partial charge is 0.507 e. The van der Waals surface area contributed by atoms with Gasteiger partial charge in [0.25, 0.3) is 5.78 Å². The summed E-state index contributed by atoms with van der Waals surface area (Å²) >= 11 is 2.77. The van der Waals surface area contributed by atoms with Gasteiger partial charge in [-0.25, -0.2) is 0 Å². The van der Waals surface area contributed by atoms with Crippen LogP contribution >= 0.6 is 23.1 Å². The number of aliphatic hydroxyl groups is 1. The predicted octanol–water partition coefficient (Wildman–Crippen LogP) is 7.93. The van der Waals surface area contributed by atoms with E-state index in [4.69, 9.17) is 4.74 Å². The molecule has 1 atom stereocenters. The van der Waals surface area contributed by atoms with Crippen LogP contribution in [0.5, 0.6) is 5.75 Å². The zero-order chi connectivity index (χ0) is 30.6. The van der Waals surface area contributed by atoms with Crippen LogP contribution in [0, 0.1) is 0 Å². The van der Waals surface area contributed by atoms with E-state index in [0.29, 0.717) is 38.7 Å². The second kappa shape index (κ2) is 13.1. The van der Waals surface area contributed by atoms with E-state index in [0.717, 1.165) is 24.0 Å². The lowest BCUT2D eigenvalue weighted by molar-refractivity contribution is -0.132. The smallest absolute Gasteiger partial charge is 0.301 e. The van der Waals surface area contributed by atoms with Gasteiger partial charge in [-0.05, 0) is 52.8 Å². The number of hydrogen-bond donors (Lipinski definition) is 1. The van der Waals surface area contributed by atoms with E-state index < -0.39 is 17.7 Å². The number of Topliss-reactive ketones (excluding diaryl/α,β-unsaturated/α-hetero) is 1. The molecule has 0 radical (unpaired) electrons. The van der Waals surface area contributed by atoms with Gasteiger partial charge in [-0.15, -0.1) is 10.2 Å². The van der Waals surface area contributed by atoms with Gasteiger partial charge in [0, 0.05) is 11.3 Å². The number of hydrogen-bond acceptors (Lipinski definition) is 8. The summed E-state index contributed by atoms with van der Waals surface area (Å²) in [6.45, 7) is 9.07. The summed E-state index contributed by atoms with van der Waals surface area (Å²) in [5.74, 6) is -0.381. The number of rotatable bonds is 10. The molecule has 0 saturated carbocycles. The topological polar surface area (TPSA) is 92.6 Å². The summed E-state index contributed by atoms with van der Waals surface area (Å²) in [5, 5.41) is 20.5. The molecule has 9 heteroatoms. The summed E-state index contributed by atoms with van der Waals surface area (Å²) in [5.41, 5.74) is 3.32. The third kappa shape index (κ3) is 6.84. The average molecular weight is 614 g/mol. The van der Waals surface area contributed by atoms with Gasteiger partial charge in [0.15, 0.2) is 4.34 Å². The van der Waals surface area contributed by atoms with E-state index in [9.17, 15) is 14.7 Å². The van der Waals surface area contributed by atoms with Crippen molar-refractivity contribution >= 4 is 45.7 Å². The highest BCUT2D eigenvalue weighted by Gasteiger charge is 2.48. The molecule has 43 heavy (non-hydrogen) atoms. The number of ether oxygens (including phenoxy) is 1. The number of amides is 1. The van der Waals surface area contributed by atoms with E-state index in [1.165, 1.54) is 28.0 Å². The van der Waals surface area contributed by atoms with Gasteiger partial charge in [-0.1, -0.05) is 112 Å². The number of anilines is 1. The molecule has 0 spiro atoms. The van der Waals surface area contributed by atoms with Crippen LogP contribution in [0.4, 0.5) is 5.13 Å². The summed E-state index contributed by atoms with van der Waals surface area (Å²) in [7, 11) is 0. The molecule has 1 amide bonds. The van der Waals surface area contributed by atoms with Crippen molar-refractivity contribution in [3.8, 4) is 5.75 Å². The fourth-order valence-electron chi connectivity index (χ4n) is 4.79. The van der Waals surface area contributed by atoms with Gasteiger partial charge in [-0.2, -0.15) is 0 Å². The average Bonchev–Trinajstić information content (AvgIpc) is 3.58. The van der Waals surface area contributed by atoms with E-state index in [1.807, 2.05) is 54.6 Å². The maximum atomic E-state index is 13.6. The van der Waals surface area contributed by atoms with Crippen molar-refractivity contribution in [3.05, 3.63) is 107 Å². The highest BCUT2D eigenvalue weighted by atomic mass is 32.2. The fraction of sp³-hybridized carbons (Fsp3) is 0.294. The molecule has 1 N–H and O–H groups in total. The molecule has 3 aromatic carbocycles. The number of aromatic nitrogens is 2. The van der Waals surface area contributed by atoms with Crippen molar-refractivity contribution in [2.45, 2.75) is 62.1 Å². The van der Waals surface area contributed by atoms with Crippen molar-refractivity contribution < 1.29 is 19.4 Å². The van der Waals surface area contributed by atoms with Crippen LogP contribution in [0.3, 0.4) is 0 Å². The van der Waals surface area contributed by atoms with E-state index >= 15 is 0 Å². The Labute approximate surface area is 260 Å². The minimum atomic E-state index is -0.866. The first-order valence-corrected chi connectivity index (χ1v) is 16.1. The van der Waals surface area contributed by atoms with Crippen molar-refractivity contribution in [3.63, 3.8) is 0 Å². The fourth-order valence-corrected chi connectivity index (χ4v) is 6.61. The van der Waals surface area contributed by atoms with Crippen molar-refractivity contribution in [2.24, 2.45) is 0 Å². The molecule has 0 aliphatic carbocycles. The van der Waals surface area contributed by atoms with Gasteiger partial charge in [0.05, 0.1) is 18.2 Å². The number of carbonyl (C=O) groups excluding carboxylic acids is 2. The zero-order valence-corrected chi connectivity index (χ0v) is 26.4. The van der Waals surface area contributed by atoms with Crippen LogP contribution < -0.4 is 9.64 Å². The summed E-state index contributed by atoms with van der Waals surface area (Å²) in [6.07, 6.45) is 1.97. The highest BCUT2D eigenvalue weighted by molar-refractivity contribution is 8.00. The molecular formula is C34H35N3O4S2. The van der Waals surface area contributed by atoms with Crippen LogP contribution in [-0.2, 0) is 20.8 Å². The molecule has 7 nitrogen and oxygen atoms in total. The Balaban J connectivity index is 1.52. The summed E-state index contributed by atoms with van der Waals surface area (Å²) in [4.78, 5) is 28.6. The molecule has 1 aromatic heterocycles. The molecule has 2 heterocycles. The van der Waals surface area contributed by atoms with Crippen LogP contribution in [-0.4, -0.2) is 33.6 Å². The monoisotopic (exact) mass is 613 g/mol. The van der Waals surface area contributed by atoms with Crippen molar-refractivity contribution in [1.82, 2.24) is 10.2 Å². The van der Waals surface area contributed by atoms with Gasteiger partial charge < -0.3 is 9.84 Å². The minimum Gasteiger partial charge on any atom is -0.507 e. The Hall–Kier alpha value is -3.95. The quantitative estimate of drug-likeness (QED) is 0.0485. The summed E-state index contributed by atoms with van der Waals surface area (Å²) in [6, 6.07) is 23.9. The number of carbonyl (C=O) groups is 2. The lowest BCUT2D eigenvalue weighted by Gasteiger charge is -2.24. The van der Waals surface area contributed by atoms with E-state index in [-0.39, 0.29) is 16.7 Å².